The van der Waals surface area contributed by atoms with E-state index in [9.17, 15) is 8.78 Å². The lowest BCUT2D eigenvalue weighted by atomic mass is 10.2. The fourth-order valence-corrected chi connectivity index (χ4v) is 1.21. The molecule has 0 spiro atoms. The van der Waals surface area contributed by atoms with Crippen LogP contribution in [0.4, 0.5) is 14.5 Å². The second-order valence-electron chi connectivity index (χ2n) is 2.26. The Bertz CT molecular complexity index is 320. The van der Waals surface area contributed by atoms with Gasteiger partial charge in [0, 0.05) is 11.6 Å². The lowest BCUT2D eigenvalue weighted by Crippen LogP contribution is -2.00. The number of alkyl halides is 2. The maximum absolute atomic E-state index is 12.3. The molecule has 2 N–H and O–H groups in total. The Morgan fingerprint density at radius 2 is 2.23 bits per heavy atom. The van der Waals surface area contributed by atoms with Gasteiger partial charge in [-0.3, -0.25) is 0 Å². The van der Waals surface area contributed by atoms with Gasteiger partial charge >= 0.3 is 0 Å². The molecule has 0 aliphatic carbocycles. The minimum Gasteiger partial charge on any atom is -0.481 e. The summed E-state index contributed by atoms with van der Waals surface area (Å²) in [6, 6.07) is 1.12. The summed E-state index contributed by atoms with van der Waals surface area (Å²) in [7, 11) is 1.35. The molecule has 1 aromatic rings. The number of nitrogens with zero attached hydrogens (tertiary/aromatic N) is 1. The topological polar surface area (TPSA) is 48.1 Å². The van der Waals surface area contributed by atoms with Gasteiger partial charge in [0.25, 0.3) is 6.43 Å². The van der Waals surface area contributed by atoms with E-state index < -0.39 is 6.43 Å². The van der Waals surface area contributed by atoms with Gasteiger partial charge in [-0.1, -0.05) is 0 Å². The van der Waals surface area contributed by atoms with E-state index >= 15 is 0 Å². The number of rotatable bonds is 2. The third-order valence-corrected chi connectivity index (χ3v) is 2.07. The molecule has 0 saturated carbocycles. The monoisotopic (exact) mass is 252 g/mol. The van der Waals surface area contributed by atoms with Crippen molar-refractivity contribution in [3.05, 3.63) is 16.2 Å². The second kappa shape index (κ2) is 3.87. The molecule has 1 heterocycles. The molecule has 0 aromatic carbocycles. The highest BCUT2D eigenvalue weighted by Crippen LogP contribution is 2.32. The molecule has 0 aliphatic rings. The van der Waals surface area contributed by atoms with Crippen LogP contribution in [0, 0.1) is 0 Å². The van der Waals surface area contributed by atoms with Crippen molar-refractivity contribution in [2.75, 3.05) is 12.8 Å². The largest absolute Gasteiger partial charge is 0.481 e. The summed E-state index contributed by atoms with van der Waals surface area (Å²) in [5, 5.41) is 0. The number of aromatic nitrogens is 1. The highest BCUT2D eigenvalue weighted by Gasteiger charge is 2.16. The zero-order chi connectivity index (χ0) is 10.0. The Balaban J connectivity index is 3.25. The minimum atomic E-state index is -2.63. The lowest BCUT2D eigenvalue weighted by Gasteiger charge is -2.07. The van der Waals surface area contributed by atoms with Crippen molar-refractivity contribution in [3.63, 3.8) is 0 Å². The molecule has 3 nitrogen and oxygen atoms in total. The van der Waals surface area contributed by atoms with E-state index in [2.05, 4.69) is 20.9 Å². The molecule has 0 bridgehead atoms. The molecule has 0 fully saturated rings. The Hall–Kier alpha value is -0.910. The summed E-state index contributed by atoms with van der Waals surface area (Å²) >= 11 is 2.96. The van der Waals surface area contributed by atoms with Gasteiger partial charge < -0.3 is 10.5 Å². The predicted molar refractivity (Wildman–Crippen MR) is 47.9 cm³/mol. The van der Waals surface area contributed by atoms with E-state index in [1.54, 1.807) is 0 Å². The summed E-state index contributed by atoms with van der Waals surface area (Å²) in [4.78, 5) is 3.77. The highest BCUT2D eigenvalue weighted by atomic mass is 79.9. The summed E-state index contributed by atoms with van der Waals surface area (Å²) in [6.07, 6.45) is -2.63. The standard InChI is InChI=1S/C7H7BrF2N2O/c1-13-4-2-3(7(9)10)5(11)6(8)12-4/h2,7H,11H2,1H3. The molecule has 0 saturated heterocycles. The fraction of sp³-hybridized carbons (Fsp3) is 0.286. The van der Waals surface area contributed by atoms with Crippen LogP contribution in [0.2, 0.25) is 0 Å². The summed E-state index contributed by atoms with van der Waals surface area (Å²) in [5.74, 6) is 0.108. The first-order valence-electron chi connectivity index (χ1n) is 3.34. The van der Waals surface area contributed by atoms with Gasteiger partial charge in [-0.25, -0.2) is 13.8 Å². The van der Waals surface area contributed by atoms with Crippen LogP contribution in [-0.4, -0.2) is 12.1 Å². The number of pyridine rings is 1. The van der Waals surface area contributed by atoms with E-state index in [0.717, 1.165) is 6.07 Å². The smallest absolute Gasteiger partial charge is 0.266 e. The summed E-state index contributed by atoms with van der Waals surface area (Å²) in [6.45, 7) is 0. The van der Waals surface area contributed by atoms with Crippen LogP contribution >= 0.6 is 15.9 Å². The Morgan fingerprint density at radius 1 is 1.62 bits per heavy atom. The predicted octanol–water partition coefficient (Wildman–Crippen LogP) is 2.37. The SMILES string of the molecule is COc1cc(C(F)F)c(N)c(Br)n1. The number of ether oxygens (including phenoxy) is 1. The molecule has 13 heavy (non-hydrogen) atoms. The van der Waals surface area contributed by atoms with Gasteiger partial charge in [0.2, 0.25) is 5.88 Å². The summed E-state index contributed by atoms with van der Waals surface area (Å²) in [5.41, 5.74) is 5.02. The van der Waals surface area contributed by atoms with Gasteiger partial charge in [-0.2, -0.15) is 0 Å². The van der Waals surface area contributed by atoms with Crippen molar-refractivity contribution in [2.45, 2.75) is 6.43 Å². The number of anilines is 1. The first kappa shape index (κ1) is 10.2. The van der Waals surface area contributed by atoms with E-state index in [1.807, 2.05) is 0 Å². The van der Waals surface area contributed by atoms with Crippen LogP contribution in [0.1, 0.15) is 12.0 Å². The van der Waals surface area contributed by atoms with Crippen LogP contribution in [0.15, 0.2) is 10.7 Å². The molecule has 1 aromatic heterocycles. The van der Waals surface area contributed by atoms with Gasteiger partial charge in [-0.05, 0) is 15.9 Å². The van der Waals surface area contributed by atoms with Crippen molar-refractivity contribution < 1.29 is 13.5 Å². The van der Waals surface area contributed by atoms with Crippen molar-refractivity contribution in [3.8, 4) is 5.88 Å². The lowest BCUT2D eigenvalue weighted by molar-refractivity contribution is 0.151. The van der Waals surface area contributed by atoms with Crippen molar-refractivity contribution in [2.24, 2.45) is 0 Å². The van der Waals surface area contributed by atoms with Crippen LogP contribution in [-0.2, 0) is 0 Å². The first-order valence-corrected chi connectivity index (χ1v) is 4.13. The van der Waals surface area contributed by atoms with Crippen LogP contribution in [0.5, 0.6) is 5.88 Å². The molecule has 0 aliphatic heterocycles. The molecule has 0 unspecified atom stereocenters. The van der Waals surface area contributed by atoms with E-state index in [0.29, 0.717) is 0 Å². The Morgan fingerprint density at radius 3 is 2.69 bits per heavy atom. The third-order valence-electron chi connectivity index (χ3n) is 1.46. The van der Waals surface area contributed by atoms with Gasteiger partial charge in [0.1, 0.15) is 4.60 Å². The average molecular weight is 253 g/mol. The number of nitrogen functional groups attached to an aromatic ring is 1. The molecular weight excluding hydrogens is 246 g/mol. The highest BCUT2D eigenvalue weighted by molar-refractivity contribution is 9.10. The van der Waals surface area contributed by atoms with Gasteiger partial charge in [-0.15, -0.1) is 0 Å². The minimum absolute atomic E-state index is 0.0594. The first-order chi connectivity index (χ1) is 6.06. The van der Waals surface area contributed by atoms with Gasteiger partial charge in [0.15, 0.2) is 0 Å². The van der Waals surface area contributed by atoms with E-state index in [1.165, 1.54) is 7.11 Å². The molecule has 0 radical (unpaired) electrons. The number of hydrogen-bond acceptors (Lipinski definition) is 3. The number of halogens is 3. The zero-order valence-electron chi connectivity index (χ0n) is 6.72. The van der Waals surface area contributed by atoms with E-state index in [4.69, 9.17) is 10.5 Å². The third kappa shape index (κ3) is 2.06. The fourth-order valence-electron chi connectivity index (χ4n) is 0.804. The molecule has 0 amide bonds. The van der Waals surface area contributed by atoms with Gasteiger partial charge in [0.05, 0.1) is 12.8 Å². The summed E-state index contributed by atoms with van der Waals surface area (Å²) < 4.78 is 29.6. The molecule has 6 heteroatoms. The number of hydrogen-bond donors (Lipinski definition) is 1. The van der Waals surface area contributed by atoms with Crippen molar-refractivity contribution in [1.29, 1.82) is 0 Å². The normalized spacial score (nSPS) is 10.5. The maximum Gasteiger partial charge on any atom is 0.266 e. The van der Waals surface area contributed by atoms with Crippen LogP contribution < -0.4 is 10.5 Å². The average Bonchev–Trinajstić information content (AvgIpc) is 2.09. The molecule has 0 atom stereocenters. The molecular formula is C7H7BrF2N2O. The zero-order valence-corrected chi connectivity index (χ0v) is 8.31. The van der Waals surface area contributed by atoms with E-state index in [-0.39, 0.29) is 21.7 Å². The van der Waals surface area contributed by atoms with Crippen molar-refractivity contribution in [1.82, 2.24) is 4.98 Å². The Labute approximate surface area is 82.0 Å². The maximum atomic E-state index is 12.3. The Kier molecular flexibility index (Phi) is 3.02. The van der Waals surface area contributed by atoms with Crippen LogP contribution in [0.25, 0.3) is 0 Å². The quantitative estimate of drug-likeness (QED) is 0.823. The van der Waals surface area contributed by atoms with Crippen molar-refractivity contribution >= 4 is 21.6 Å². The second-order valence-corrected chi connectivity index (χ2v) is 3.01. The number of methoxy groups -OCH3 is 1. The molecule has 72 valence electrons. The van der Waals surface area contributed by atoms with Crippen LogP contribution in [0.3, 0.4) is 0 Å². The number of nitrogens with two attached hydrogens (primary N) is 1. The molecule has 1 rings (SSSR count).